The first-order valence-electron chi connectivity index (χ1n) is 7.84. The van der Waals surface area contributed by atoms with Crippen molar-refractivity contribution < 1.29 is 4.42 Å². The first kappa shape index (κ1) is 15.1. The average molecular weight is 273 g/mol. The summed E-state index contributed by atoms with van der Waals surface area (Å²) in [7, 11) is 0. The summed E-state index contributed by atoms with van der Waals surface area (Å²) in [6, 6.07) is 7.04. The molecule has 2 nitrogen and oxygen atoms in total. The van der Waals surface area contributed by atoms with Crippen LogP contribution in [0.5, 0.6) is 0 Å². The number of nitrogens with one attached hydrogen (secondary N) is 1. The Morgan fingerprint density at radius 1 is 1.15 bits per heavy atom. The minimum Gasteiger partial charge on any atom is -0.459 e. The fourth-order valence-electron chi connectivity index (χ4n) is 2.68. The summed E-state index contributed by atoms with van der Waals surface area (Å²) in [5.41, 5.74) is 3.80. The summed E-state index contributed by atoms with van der Waals surface area (Å²) in [5, 5.41) is 4.76. The lowest BCUT2D eigenvalue weighted by molar-refractivity contribution is 0.481. The van der Waals surface area contributed by atoms with Crippen molar-refractivity contribution in [2.24, 2.45) is 0 Å². The van der Waals surface area contributed by atoms with Crippen LogP contribution in [0.2, 0.25) is 0 Å². The second kappa shape index (κ2) is 6.45. The van der Waals surface area contributed by atoms with Gasteiger partial charge in [-0.2, -0.15) is 0 Å². The largest absolute Gasteiger partial charge is 0.459 e. The minimum atomic E-state index is 0.474. The van der Waals surface area contributed by atoms with Gasteiger partial charge in [0.15, 0.2) is 0 Å². The molecular formula is C18H27NO. The molecule has 1 N–H and O–H groups in total. The molecule has 0 fully saturated rings. The molecule has 1 atom stereocenters. The highest BCUT2D eigenvalue weighted by molar-refractivity contribution is 5.85. The second-order valence-electron chi connectivity index (χ2n) is 5.93. The van der Waals surface area contributed by atoms with E-state index in [-0.39, 0.29) is 0 Å². The molecule has 0 aliphatic carbocycles. The number of hydrogen-bond acceptors (Lipinski definition) is 2. The van der Waals surface area contributed by atoms with Gasteiger partial charge in [-0.1, -0.05) is 52.8 Å². The van der Waals surface area contributed by atoms with Crippen molar-refractivity contribution in [2.75, 3.05) is 0 Å². The molecule has 0 bridgehead atoms. The van der Waals surface area contributed by atoms with E-state index >= 15 is 0 Å². The average Bonchev–Trinajstić information content (AvgIpc) is 2.81. The van der Waals surface area contributed by atoms with Crippen LogP contribution < -0.4 is 5.32 Å². The molecule has 20 heavy (non-hydrogen) atoms. The second-order valence-corrected chi connectivity index (χ2v) is 5.93. The molecule has 0 saturated carbocycles. The van der Waals surface area contributed by atoms with Gasteiger partial charge in [-0.3, -0.25) is 0 Å². The standard InChI is InChI=1S/C18H27NO/c1-6-13(5)15-9-8-10-16-14(7-2)17(20-18(15)16)11-19-12(3)4/h8-10,12-13,19H,6-7,11H2,1-5H3. The van der Waals surface area contributed by atoms with Crippen LogP contribution in [0.15, 0.2) is 22.6 Å². The molecule has 1 unspecified atom stereocenters. The number of benzene rings is 1. The summed E-state index contributed by atoms with van der Waals surface area (Å²) in [6.45, 7) is 11.9. The Balaban J connectivity index is 2.49. The third-order valence-corrected chi connectivity index (χ3v) is 4.10. The third-order valence-electron chi connectivity index (χ3n) is 4.10. The number of rotatable bonds is 6. The maximum absolute atomic E-state index is 6.23. The molecule has 2 aromatic rings. The van der Waals surface area contributed by atoms with E-state index < -0.39 is 0 Å². The van der Waals surface area contributed by atoms with Crippen molar-refractivity contribution in [3.8, 4) is 0 Å². The van der Waals surface area contributed by atoms with Gasteiger partial charge in [-0.05, 0) is 24.3 Å². The number of fused-ring (bicyclic) bond motifs is 1. The smallest absolute Gasteiger partial charge is 0.138 e. The topological polar surface area (TPSA) is 25.2 Å². The minimum absolute atomic E-state index is 0.474. The Kier molecular flexibility index (Phi) is 4.87. The van der Waals surface area contributed by atoms with E-state index in [1.807, 2.05) is 0 Å². The molecule has 2 rings (SSSR count). The van der Waals surface area contributed by atoms with E-state index in [1.165, 1.54) is 16.5 Å². The zero-order chi connectivity index (χ0) is 14.7. The maximum Gasteiger partial charge on any atom is 0.138 e. The molecule has 0 aliphatic heterocycles. The van der Waals surface area contributed by atoms with Crippen LogP contribution in [0.25, 0.3) is 11.0 Å². The van der Waals surface area contributed by atoms with Gasteiger partial charge in [0.05, 0.1) is 6.54 Å². The predicted molar refractivity (Wildman–Crippen MR) is 86.3 cm³/mol. The highest BCUT2D eigenvalue weighted by Crippen LogP contribution is 2.33. The zero-order valence-electron chi connectivity index (χ0n) is 13.4. The predicted octanol–water partition coefficient (Wildman–Crippen LogP) is 5.01. The highest BCUT2D eigenvalue weighted by Gasteiger charge is 2.17. The van der Waals surface area contributed by atoms with E-state index in [4.69, 9.17) is 4.42 Å². The molecule has 1 aromatic heterocycles. The van der Waals surface area contributed by atoms with Crippen molar-refractivity contribution in [2.45, 2.75) is 66.0 Å². The Labute approximate surface area is 122 Å². The SMILES string of the molecule is CCc1c(CNC(C)C)oc2c(C(C)CC)cccc12. The van der Waals surface area contributed by atoms with Crippen LogP contribution >= 0.6 is 0 Å². The van der Waals surface area contributed by atoms with Gasteiger partial charge in [0.25, 0.3) is 0 Å². The summed E-state index contributed by atoms with van der Waals surface area (Å²) in [4.78, 5) is 0. The van der Waals surface area contributed by atoms with Crippen molar-refractivity contribution in [1.82, 2.24) is 5.32 Å². The van der Waals surface area contributed by atoms with Gasteiger partial charge in [-0.15, -0.1) is 0 Å². The van der Waals surface area contributed by atoms with Crippen LogP contribution in [0.3, 0.4) is 0 Å². The highest BCUT2D eigenvalue weighted by atomic mass is 16.3. The first-order valence-corrected chi connectivity index (χ1v) is 7.84. The molecule has 0 aliphatic rings. The van der Waals surface area contributed by atoms with Crippen LogP contribution in [-0.2, 0) is 13.0 Å². The van der Waals surface area contributed by atoms with Gasteiger partial charge >= 0.3 is 0 Å². The molecular weight excluding hydrogens is 246 g/mol. The van der Waals surface area contributed by atoms with E-state index in [0.717, 1.165) is 30.7 Å². The van der Waals surface area contributed by atoms with E-state index in [0.29, 0.717) is 12.0 Å². The van der Waals surface area contributed by atoms with Crippen LogP contribution in [0, 0.1) is 0 Å². The lowest BCUT2D eigenvalue weighted by Gasteiger charge is -2.09. The molecule has 1 aromatic carbocycles. The summed E-state index contributed by atoms with van der Waals surface area (Å²) in [6.07, 6.45) is 2.16. The molecule has 0 spiro atoms. The first-order chi connectivity index (χ1) is 9.58. The number of para-hydroxylation sites is 1. The quantitative estimate of drug-likeness (QED) is 0.800. The lowest BCUT2D eigenvalue weighted by atomic mass is 9.96. The molecule has 110 valence electrons. The zero-order valence-corrected chi connectivity index (χ0v) is 13.4. The van der Waals surface area contributed by atoms with Crippen LogP contribution in [-0.4, -0.2) is 6.04 Å². The van der Waals surface area contributed by atoms with E-state index in [1.54, 1.807) is 0 Å². The van der Waals surface area contributed by atoms with Gasteiger partial charge in [0.1, 0.15) is 11.3 Å². The van der Waals surface area contributed by atoms with Crippen molar-refractivity contribution >= 4 is 11.0 Å². The Hall–Kier alpha value is -1.28. The van der Waals surface area contributed by atoms with Gasteiger partial charge in [0, 0.05) is 17.0 Å². The Bertz CT molecular complexity index is 568. The maximum atomic E-state index is 6.23. The molecule has 0 saturated heterocycles. The fraction of sp³-hybridized carbons (Fsp3) is 0.556. The van der Waals surface area contributed by atoms with Crippen LogP contribution in [0.4, 0.5) is 0 Å². The Morgan fingerprint density at radius 2 is 1.90 bits per heavy atom. The van der Waals surface area contributed by atoms with Crippen LogP contribution in [0.1, 0.15) is 63.8 Å². The number of furan rings is 1. The van der Waals surface area contributed by atoms with Crippen molar-refractivity contribution in [1.29, 1.82) is 0 Å². The monoisotopic (exact) mass is 273 g/mol. The summed E-state index contributed by atoms with van der Waals surface area (Å²) < 4.78 is 6.23. The summed E-state index contributed by atoms with van der Waals surface area (Å²) in [5.74, 6) is 1.65. The summed E-state index contributed by atoms with van der Waals surface area (Å²) >= 11 is 0. The fourth-order valence-corrected chi connectivity index (χ4v) is 2.68. The third kappa shape index (κ3) is 2.90. The van der Waals surface area contributed by atoms with Gasteiger partial charge in [0.2, 0.25) is 0 Å². The number of hydrogen-bond donors (Lipinski definition) is 1. The normalized spacial score (nSPS) is 13.3. The molecule has 0 radical (unpaired) electrons. The van der Waals surface area contributed by atoms with Crippen molar-refractivity contribution in [3.05, 3.63) is 35.1 Å². The van der Waals surface area contributed by atoms with E-state index in [2.05, 4.69) is 58.1 Å². The molecule has 2 heteroatoms. The Morgan fingerprint density at radius 3 is 2.50 bits per heavy atom. The van der Waals surface area contributed by atoms with Gasteiger partial charge in [-0.25, -0.2) is 0 Å². The molecule has 1 heterocycles. The van der Waals surface area contributed by atoms with E-state index in [9.17, 15) is 0 Å². The van der Waals surface area contributed by atoms with Crippen molar-refractivity contribution in [3.63, 3.8) is 0 Å². The number of aryl methyl sites for hydroxylation is 1. The lowest BCUT2D eigenvalue weighted by Crippen LogP contribution is -2.22. The van der Waals surface area contributed by atoms with Gasteiger partial charge < -0.3 is 9.73 Å². The molecule has 0 amide bonds.